The number of halogens is 3. The van der Waals surface area contributed by atoms with Crippen molar-refractivity contribution in [2.24, 2.45) is 7.05 Å². The lowest BCUT2D eigenvalue weighted by atomic mass is 10.2. The lowest BCUT2D eigenvalue weighted by molar-refractivity contribution is 0.627. The van der Waals surface area contributed by atoms with Crippen LogP contribution < -0.4 is 11.1 Å². The van der Waals surface area contributed by atoms with E-state index in [1.165, 1.54) is 12.1 Å². The molecule has 19 heavy (non-hydrogen) atoms. The van der Waals surface area contributed by atoms with E-state index in [4.69, 9.17) is 17.3 Å². The maximum absolute atomic E-state index is 13.2. The van der Waals surface area contributed by atoms with Crippen molar-refractivity contribution in [3.8, 4) is 0 Å². The zero-order valence-electron chi connectivity index (χ0n) is 10.5. The number of rotatable bonds is 3. The van der Waals surface area contributed by atoms with Gasteiger partial charge in [0, 0.05) is 11.5 Å². The number of hydrogen-bond donors (Lipinski definition) is 2. The lowest BCUT2D eigenvalue weighted by Crippen LogP contribution is -2.02. The number of nitrogens with two attached hydrogens (primary N) is 1. The van der Waals surface area contributed by atoms with Crippen LogP contribution in [-0.2, 0) is 13.5 Å². The van der Waals surface area contributed by atoms with Gasteiger partial charge in [-0.15, -0.1) is 0 Å². The van der Waals surface area contributed by atoms with E-state index < -0.39 is 5.82 Å². The van der Waals surface area contributed by atoms with Crippen molar-refractivity contribution in [3.63, 3.8) is 0 Å². The van der Waals surface area contributed by atoms with Crippen LogP contribution in [-0.4, -0.2) is 9.78 Å². The van der Waals surface area contributed by atoms with E-state index in [0.717, 1.165) is 12.1 Å². The smallest absolute Gasteiger partial charge is 0.152 e. The molecule has 0 bridgehead atoms. The van der Waals surface area contributed by atoms with Crippen LogP contribution in [0.4, 0.5) is 21.6 Å². The Balaban J connectivity index is 2.45. The molecular formula is C12H13BrClFN4. The van der Waals surface area contributed by atoms with Crippen LogP contribution in [0.3, 0.4) is 0 Å². The molecule has 0 atom stereocenters. The Bertz CT molecular complexity index is 603. The Hall–Kier alpha value is -1.27. The largest absolute Gasteiger partial charge is 0.394 e. The van der Waals surface area contributed by atoms with Gasteiger partial charge >= 0.3 is 0 Å². The van der Waals surface area contributed by atoms with Crippen molar-refractivity contribution in [1.82, 2.24) is 9.78 Å². The van der Waals surface area contributed by atoms with Crippen LogP contribution in [0.5, 0.6) is 0 Å². The number of hydrogen-bond acceptors (Lipinski definition) is 3. The molecule has 1 aromatic carbocycles. The van der Waals surface area contributed by atoms with Crippen LogP contribution in [0, 0.1) is 5.82 Å². The highest BCUT2D eigenvalue weighted by Gasteiger charge is 2.15. The van der Waals surface area contributed by atoms with Crippen molar-refractivity contribution in [3.05, 3.63) is 33.1 Å². The van der Waals surface area contributed by atoms with E-state index in [2.05, 4.69) is 26.3 Å². The molecule has 0 aliphatic rings. The fourth-order valence-corrected chi connectivity index (χ4v) is 2.68. The third-order valence-corrected chi connectivity index (χ3v) is 3.67. The van der Waals surface area contributed by atoms with Gasteiger partial charge in [0.05, 0.1) is 22.1 Å². The second-order valence-electron chi connectivity index (χ2n) is 4.06. The summed E-state index contributed by atoms with van der Waals surface area (Å²) in [6, 6.07) is 2.57. The summed E-state index contributed by atoms with van der Waals surface area (Å²) in [6.45, 7) is 1.98. The average molecular weight is 348 g/mol. The molecule has 1 aromatic heterocycles. The molecule has 0 saturated carbocycles. The summed E-state index contributed by atoms with van der Waals surface area (Å²) in [5.41, 5.74) is 7.94. The molecule has 102 valence electrons. The second-order valence-corrected chi connectivity index (χ2v) is 5.32. The SMILES string of the molecule is CCc1nn(C)c(Nc2c(Cl)cc(F)cc2Br)c1N. The first kappa shape index (κ1) is 14.1. The van der Waals surface area contributed by atoms with Crippen LogP contribution in [0.15, 0.2) is 16.6 Å². The number of nitrogens with zero attached hydrogens (tertiary/aromatic N) is 2. The van der Waals surface area contributed by atoms with Crippen molar-refractivity contribution in [1.29, 1.82) is 0 Å². The first-order chi connectivity index (χ1) is 8.93. The Kier molecular flexibility index (Phi) is 4.01. The summed E-state index contributed by atoms with van der Waals surface area (Å²) in [4.78, 5) is 0. The fraction of sp³-hybridized carbons (Fsp3) is 0.250. The van der Waals surface area contributed by atoms with Gasteiger partial charge in [-0.1, -0.05) is 18.5 Å². The maximum atomic E-state index is 13.2. The standard InChI is InChI=1S/C12H13BrClFN4/c1-3-9-10(16)12(19(2)18-9)17-11-7(13)4-6(15)5-8(11)14/h4-5,17H,3,16H2,1-2H3. The van der Waals surface area contributed by atoms with Gasteiger partial charge in [0.1, 0.15) is 5.82 Å². The molecular weight excluding hydrogens is 335 g/mol. The zero-order chi connectivity index (χ0) is 14.2. The fourth-order valence-electron chi connectivity index (χ4n) is 1.79. The first-order valence-electron chi connectivity index (χ1n) is 5.67. The minimum atomic E-state index is -0.408. The van der Waals surface area contributed by atoms with Gasteiger partial charge in [0.25, 0.3) is 0 Å². The quantitative estimate of drug-likeness (QED) is 0.886. The number of aryl methyl sites for hydroxylation is 2. The lowest BCUT2D eigenvalue weighted by Gasteiger charge is -2.11. The molecule has 2 aromatic rings. The molecule has 1 heterocycles. The van der Waals surface area contributed by atoms with Gasteiger partial charge in [-0.05, 0) is 34.5 Å². The van der Waals surface area contributed by atoms with Gasteiger partial charge in [-0.25, -0.2) is 4.39 Å². The molecule has 7 heteroatoms. The first-order valence-corrected chi connectivity index (χ1v) is 6.84. The third kappa shape index (κ3) is 2.69. The van der Waals surface area contributed by atoms with Crippen molar-refractivity contribution in [2.75, 3.05) is 11.1 Å². The third-order valence-electron chi connectivity index (χ3n) is 2.75. The molecule has 2 rings (SSSR count). The van der Waals surface area contributed by atoms with Gasteiger partial charge in [0.2, 0.25) is 0 Å². The summed E-state index contributed by atoms with van der Waals surface area (Å²) in [7, 11) is 1.78. The predicted octanol–water partition coefficient (Wildman–Crippen LogP) is 3.86. The Morgan fingerprint density at radius 3 is 2.74 bits per heavy atom. The van der Waals surface area contributed by atoms with Crippen molar-refractivity contribution >= 4 is 44.7 Å². The van der Waals surface area contributed by atoms with Crippen molar-refractivity contribution in [2.45, 2.75) is 13.3 Å². The van der Waals surface area contributed by atoms with E-state index in [0.29, 0.717) is 21.7 Å². The van der Waals surface area contributed by atoms with E-state index in [-0.39, 0.29) is 5.02 Å². The molecule has 0 fully saturated rings. The number of nitrogens with one attached hydrogen (secondary N) is 1. The van der Waals surface area contributed by atoms with Crippen LogP contribution in [0.2, 0.25) is 5.02 Å². The highest BCUT2D eigenvalue weighted by Crippen LogP contribution is 2.36. The molecule has 0 radical (unpaired) electrons. The van der Waals surface area contributed by atoms with Gasteiger partial charge in [-0.3, -0.25) is 4.68 Å². The minimum absolute atomic E-state index is 0.269. The Morgan fingerprint density at radius 1 is 1.53 bits per heavy atom. The monoisotopic (exact) mass is 346 g/mol. The van der Waals surface area contributed by atoms with Crippen LogP contribution >= 0.6 is 27.5 Å². The molecule has 3 N–H and O–H groups in total. The molecule has 4 nitrogen and oxygen atoms in total. The average Bonchev–Trinajstić information content (AvgIpc) is 2.59. The van der Waals surface area contributed by atoms with E-state index in [1.807, 2.05) is 6.92 Å². The summed E-state index contributed by atoms with van der Waals surface area (Å²) in [5.74, 6) is 0.223. The molecule has 0 unspecified atom stereocenters. The van der Waals surface area contributed by atoms with Crippen LogP contribution in [0.25, 0.3) is 0 Å². The summed E-state index contributed by atoms with van der Waals surface area (Å²) >= 11 is 9.30. The minimum Gasteiger partial charge on any atom is -0.394 e. The van der Waals surface area contributed by atoms with Gasteiger partial charge in [0.15, 0.2) is 5.82 Å². The van der Waals surface area contributed by atoms with Crippen LogP contribution in [0.1, 0.15) is 12.6 Å². The number of aromatic nitrogens is 2. The number of anilines is 3. The van der Waals surface area contributed by atoms with Gasteiger partial charge in [-0.2, -0.15) is 5.10 Å². The zero-order valence-corrected chi connectivity index (χ0v) is 12.8. The van der Waals surface area contributed by atoms with E-state index >= 15 is 0 Å². The molecule has 0 spiro atoms. The highest BCUT2D eigenvalue weighted by atomic mass is 79.9. The van der Waals surface area contributed by atoms with Crippen molar-refractivity contribution < 1.29 is 4.39 Å². The molecule has 0 saturated heterocycles. The van der Waals surface area contributed by atoms with E-state index in [1.54, 1.807) is 11.7 Å². The molecule has 0 aliphatic carbocycles. The van der Waals surface area contributed by atoms with E-state index in [9.17, 15) is 4.39 Å². The molecule has 0 aliphatic heterocycles. The normalized spacial score (nSPS) is 10.8. The Morgan fingerprint density at radius 2 is 2.21 bits per heavy atom. The topological polar surface area (TPSA) is 55.9 Å². The molecule has 0 amide bonds. The predicted molar refractivity (Wildman–Crippen MR) is 79.4 cm³/mol. The summed E-state index contributed by atoms with van der Waals surface area (Å²) in [5, 5.41) is 7.66. The van der Waals surface area contributed by atoms with Gasteiger partial charge < -0.3 is 11.1 Å². The second kappa shape index (κ2) is 5.38. The number of benzene rings is 1. The Labute approximate surface area is 123 Å². The number of nitrogen functional groups attached to an aromatic ring is 1. The maximum Gasteiger partial charge on any atom is 0.152 e. The summed E-state index contributed by atoms with van der Waals surface area (Å²) < 4.78 is 15.3. The summed E-state index contributed by atoms with van der Waals surface area (Å²) in [6.07, 6.45) is 0.736. The highest BCUT2D eigenvalue weighted by molar-refractivity contribution is 9.10.